The van der Waals surface area contributed by atoms with E-state index in [0.29, 0.717) is 41.9 Å². The fraction of sp³-hybridized carbons (Fsp3) is 0.526. The van der Waals surface area contributed by atoms with Gasteiger partial charge in [-0.1, -0.05) is 18.5 Å². The van der Waals surface area contributed by atoms with Gasteiger partial charge in [0.25, 0.3) is 5.91 Å². The van der Waals surface area contributed by atoms with Crippen molar-refractivity contribution in [2.45, 2.75) is 44.8 Å². The summed E-state index contributed by atoms with van der Waals surface area (Å²) in [4.78, 5) is 19.1. The lowest BCUT2D eigenvalue weighted by atomic mass is 9.96. The van der Waals surface area contributed by atoms with Crippen molar-refractivity contribution in [3.05, 3.63) is 40.4 Å². The van der Waals surface area contributed by atoms with E-state index in [-0.39, 0.29) is 18.1 Å². The molecule has 1 N–H and O–H groups in total. The number of hydrogen-bond donors (Lipinski definition) is 1. The van der Waals surface area contributed by atoms with Crippen LogP contribution < -0.4 is 4.74 Å². The quantitative estimate of drug-likeness (QED) is 0.848. The number of carbonyl (C=O) groups excluding carboxylic acids is 1. The van der Waals surface area contributed by atoms with E-state index in [4.69, 9.17) is 21.1 Å². The molecule has 1 saturated carbocycles. The van der Waals surface area contributed by atoms with Crippen molar-refractivity contribution in [2.24, 2.45) is 0 Å². The predicted octanol–water partition coefficient (Wildman–Crippen LogP) is 3.17. The number of ether oxygens (including phenoxy) is 2. The van der Waals surface area contributed by atoms with Gasteiger partial charge in [-0.05, 0) is 37.5 Å². The van der Waals surface area contributed by atoms with E-state index >= 15 is 0 Å². The molecule has 1 amide bonds. The lowest BCUT2D eigenvalue weighted by Crippen LogP contribution is -2.42. The fourth-order valence-corrected chi connectivity index (χ4v) is 3.45. The number of carbonyl (C=O) groups is 1. The molecule has 0 radical (unpaired) electrons. The van der Waals surface area contributed by atoms with Crippen molar-refractivity contribution in [2.75, 3.05) is 19.7 Å². The van der Waals surface area contributed by atoms with Crippen LogP contribution >= 0.6 is 11.6 Å². The summed E-state index contributed by atoms with van der Waals surface area (Å²) in [6, 6.07) is 5.29. The Morgan fingerprint density at radius 1 is 1.44 bits per heavy atom. The molecule has 1 aromatic heterocycles. The number of benzene rings is 1. The van der Waals surface area contributed by atoms with Crippen LogP contribution in [0.4, 0.5) is 0 Å². The van der Waals surface area contributed by atoms with Crippen LogP contribution in [-0.4, -0.2) is 51.8 Å². The summed E-state index contributed by atoms with van der Waals surface area (Å²) < 4.78 is 11.6. The van der Waals surface area contributed by atoms with Gasteiger partial charge in [0.2, 0.25) is 0 Å². The fourth-order valence-electron chi connectivity index (χ4n) is 3.20. The number of halogens is 1. The van der Waals surface area contributed by atoms with E-state index in [1.807, 2.05) is 13.0 Å². The molecule has 27 heavy (non-hydrogen) atoms. The van der Waals surface area contributed by atoms with E-state index in [9.17, 15) is 4.79 Å². The van der Waals surface area contributed by atoms with E-state index in [0.717, 1.165) is 25.1 Å². The predicted molar refractivity (Wildman–Crippen MR) is 100 cm³/mol. The Hall–Kier alpha value is -2.12. The van der Waals surface area contributed by atoms with Gasteiger partial charge in [-0.2, -0.15) is 5.10 Å². The van der Waals surface area contributed by atoms with Crippen molar-refractivity contribution < 1.29 is 14.3 Å². The number of aromatic nitrogens is 3. The zero-order chi connectivity index (χ0) is 18.8. The number of morpholine rings is 1. The first-order valence-electron chi connectivity index (χ1n) is 9.42. The number of aryl methyl sites for hydroxylation is 1. The molecule has 1 aliphatic carbocycles. The second-order valence-corrected chi connectivity index (χ2v) is 7.32. The summed E-state index contributed by atoms with van der Waals surface area (Å²) in [5.41, 5.74) is 0.475. The molecule has 1 aromatic carbocycles. The molecule has 2 fully saturated rings. The monoisotopic (exact) mass is 390 g/mol. The van der Waals surface area contributed by atoms with Crippen LogP contribution in [-0.2, 0) is 11.2 Å². The summed E-state index contributed by atoms with van der Waals surface area (Å²) >= 11 is 6.38. The molecule has 0 spiro atoms. The van der Waals surface area contributed by atoms with Gasteiger partial charge in [-0.3, -0.25) is 9.89 Å². The molecule has 1 saturated heterocycles. The summed E-state index contributed by atoms with van der Waals surface area (Å²) in [5.74, 6) is 1.99. The van der Waals surface area contributed by atoms with E-state index in [1.54, 1.807) is 17.0 Å². The maximum atomic E-state index is 13.0. The van der Waals surface area contributed by atoms with E-state index < -0.39 is 0 Å². The van der Waals surface area contributed by atoms with Gasteiger partial charge in [0, 0.05) is 13.0 Å². The zero-order valence-electron chi connectivity index (χ0n) is 15.3. The number of nitrogens with zero attached hydrogens (tertiary/aromatic N) is 3. The molecule has 0 unspecified atom stereocenters. The third-order valence-corrected chi connectivity index (χ3v) is 5.36. The number of amides is 1. The van der Waals surface area contributed by atoms with Crippen molar-refractivity contribution in [3.8, 4) is 5.75 Å². The minimum absolute atomic E-state index is 0.116. The molecule has 2 aromatic rings. The van der Waals surface area contributed by atoms with Crippen molar-refractivity contribution in [1.29, 1.82) is 0 Å². The second kappa shape index (κ2) is 7.86. The molecule has 0 bridgehead atoms. The SMILES string of the molecule is CCc1nc([C@H]2CN(C(=O)c3ccc(OC4CCC4)cc3Cl)CCO2)n[nH]1. The summed E-state index contributed by atoms with van der Waals surface area (Å²) in [5, 5.41) is 7.50. The highest BCUT2D eigenvalue weighted by atomic mass is 35.5. The van der Waals surface area contributed by atoms with Crippen LogP contribution in [0.1, 0.15) is 54.3 Å². The molecule has 1 aliphatic heterocycles. The highest BCUT2D eigenvalue weighted by Gasteiger charge is 2.29. The molecule has 2 heterocycles. The van der Waals surface area contributed by atoms with E-state index in [1.165, 1.54) is 6.42 Å². The van der Waals surface area contributed by atoms with Crippen molar-refractivity contribution in [1.82, 2.24) is 20.1 Å². The Balaban J connectivity index is 1.45. The number of H-pyrrole nitrogens is 1. The Kier molecular flexibility index (Phi) is 5.31. The topological polar surface area (TPSA) is 80.3 Å². The lowest BCUT2D eigenvalue weighted by Gasteiger charge is -2.32. The Morgan fingerprint density at radius 3 is 2.96 bits per heavy atom. The smallest absolute Gasteiger partial charge is 0.255 e. The summed E-state index contributed by atoms with van der Waals surface area (Å²) in [6.07, 6.45) is 4.07. The van der Waals surface area contributed by atoms with Gasteiger partial charge in [-0.25, -0.2) is 4.98 Å². The first-order valence-corrected chi connectivity index (χ1v) is 9.80. The molecule has 7 nitrogen and oxygen atoms in total. The Bertz CT molecular complexity index is 821. The number of aromatic amines is 1. The molecule has 1 atom stereocenters. The molecule has 2 aliphatic rings. The number of rotatable bonds is 5. The third-order valence-electron chi connectivity index (χ3n) is 5.05. The Morgan fingerprint density at radius 2 is 2.30 bits per heavy atom. The van der Waals surface area contributed by atoms with Crippen LogP contribution in [0.15, 0.2) is 18.2 Å². The van der Waals surface area contributed by atoms with E-state index in [2.05, 4.69) is 15.2 Å². The van der Waals surface area contributed by atoms with Crippen LogP contribution in [0.3, 0.4) is 0 Å². The van der Waals surface area contributed by atoms with Crippen LogP contribution in [0.25, 0.3) is 0 Å². The molecule has 4 rings (SSSR count). The summed E-state index contributed by atoms with van der Waals surface area (Å²) in [6.45, 7) is 3.35. The summed E-state index contributed by atoms with van der Waals surface area (Å²) in [7, 11) is 0. The van der Waals surface area contributed by atoms with Gasteiger partial charge < -0.3 is 14.4 Å². The van der Waals surface area contributed by atoms with Crippen LogP contribution in [0.5, 0.6) is 5.75 Å². The molecular weight excluding hydrogens is 368 g/mol. The van der Waals surface area contributed by atoms with Crippen LogP contribution in [0, 0.1) is 0 Å². The first kappa shape index (κ1) is 18.3. The third kappa shape index (κ3) is 3.94. The standard InChI is InChI=1S/C19H23ClN4O3/c1-2-17-21-18(23-22-17)16-11-24(8-9-26-16)19(25)14-7-6-13(10-15(14)20)27-12-4-3-5-12/h6-7,10,12,16H,2-5,8-9,11H2,1H3,(H,21,22,23)/t16-/m1/s1. The molecule has 8 heteroatoms. The minimum Gasteiger partial charge on any atom is -0.490 e. The van der Waals surface area contributed by atoms with Gasteiger partial charge in [-0.15, -0.1) is 0 Å². The highest BCUT2D eigenvalue weighted by Crippen LogP contribution is 2.30. The Labute approximate surface area is 163 Å². The second-order valence-electron chi connectivity index (χ2n) is 6.92. The largest absolute Gasteiger partial charge is 0.490 e. The normalized spacial score (nSPS) is 20.4. The highest BCUT2D eigenvalue weighted by molar-refractivity contribution is 6.34. The van der Waals surface area contributed by atoms with Gasteiger partial charge in [0.15, 0.2) is 5.82 Å². The molecule has 144 valence electrons. The average molecular weight is 391 g/mol. The maximum absolute atomic E-state index is 13.0. The number of hydrogen-bond acceptors (Lipinski definition) is 5. The van der Waals surface area contributed by atoms with Crippen molar-refractivity contribution >= 4 is 17.5 Å². The van der Waals surface area contributed by atoms with Gasteiger partial charge in [0.1, 0.15) is 17.7 Å². The first-order chi connectivity index (χ1) is 13.1. The maximum Gasteiger partial charge on any atom is 0.255 e. The van der Waals surface area contributed by atoms with Crippen LogP contribution in [0.2, 0.25) is 5.02 Å². The van der Waals surface area contributed by atoms with Gasteiger partial charge >= 0.3 is 0 Å². The zero-order valence-corrected chi connectivity index (χ0v) is 16.0. The van der Waals surface area contributed by atoms with Crippen molar-refractivity contribution in [3.63, 3.8) is 0 Å². The average Bonchev–Trinajstić information content (AvgIpc) is 3.14. The lowest BCUT2D eigenvalue weighted by molar-refractivity contribution is -0.0266. The minimum atomic E-state index is -0.334. The number of nitrogens with one attached hydrogen (secondary N) is 1. The molecular formula is C19H23ClN4O3. The van der Waals surface area contributed by atoms with Gasteiger partial charge in [0.05, 0.1) is 29.8 Å².